The van der Waals surface area contributed by atoms with Gasteiger partial charge >= 0.3 is 5.97 Å². The highest BCUT2D eigenvalue weighted by Crippen LogP contribution is 2.41. The quantitative estimate of drug-likeness (QED) is 0.504. The third kappa shape index (κ3) is 5.86. The number of carbonyl (C=O) groups is 1. The zero-order chi connectivity index (χ0) is 23.2. The minimum atomic E-state index is -2.02. The normalized spacial score (nSPS) is 44.5. The van der Waals surface area contributed by atoms with Gasteiger partial charge in [-0.2, -0.15) is 0 Å². The van der Waals surface area contributed by atoms with Crippen LogP contribution in [0.5, 0.6) is 0 Å². The average molecular weight is 445 g/mol. The fourth-order valence-electron chi connectivity index (χ4n) is 4.61. The SMILES string of the molecule is CO[C@H]1CCCCCOC(=O)[C@@H](C)[C@@]2(O)O[C@H]([C@@H](C)[C@H](O)[C@H]2OC)[C@@H](C)/C=C/[C@H]1OC. The molecule has 1 saturated heterocycles. The molecule has 180 valence electrons. The molecule has 2 heterocycles. The van der Waals surface area contributed by atoms with Crippen molar-refractivity contribution in [3.63, 3.8) is 0 Å². The Hall–Kier alpha value is -1.03. The molecule has 8 heteroatoms. The zero-order valence-corrected chi connectivity index (χ0v) is 19.7. The molecule has 0 aliphatic carbocycles. The molecule has 2 N–H and O–H groups in total. The maximum atomic E-state index is 12.7. The van der Waals surface area contributed by atoms with Crippen LogP contribution in [0.15, 0.2) is 12.2 Å². The number of methoxy groups -OCH3 is 3. The Morgan fingerprint density at radius 3 is 2.35 bits per heavy atom. The van der Waals surface area contributed by atoms with Crippen molar-refractivity contribution in [2.24, 2.45) is 17.8 Å². The number of cyclic esters (lactones) is 1. The van der Waals surface area contributed by atoms with Crippen LogP contribution in [0.4, 0.5) is 0 Å². The topological polar surface area (TPSA) is 104 Å². The van der Waals surface area contributed by atoms with Gasteiger partial charge in [0.2, 0.25) is 5.79 Å². The third-order valence-electron chi connectivity index (χ3n) is 6.77. The van der Waals surface area contributed by atoms with Gasteiger partial charge in [-0.3, -0.25) is 4.79 Å². The highest BCUT2D eigenvalue weighted by molar-refractivity contribution is 5.73. The summed E-state index contributed by atoms with van der Waals surface area (Å²) < 4.78 is 28.2. The molecule has 31 heavy (non-hydrogen) atoms. The highest BCUT2D eigenvalue weighted by Gasteiger charge is 2.58. The van der Waals surface area contributed by atoms with E-state index < -0.39 is 36.0 Å². The van der Waals surface area contributed by atoms with Crippen LogP contribution in [0.25, 0.3) is 0 Å². The Kier molecular flexibility index (Phi) is 9.92. The maximum absolute atomic E-state index is 12.7. The van der Waals surface area contributed by atoms with Crippen LogP contribution in [-0.2, 0) is 28.5 Å². The summed E-state index contributed by atoms with van der Waals surface area (Å²) in [5.74, 6) is -4.14. The molecular formula is C23H40O8. The van der Waals surface area contributed by atoms with Gasteiger partial charge in [0.15, 0.2) is 0 Å². The van der Waals surface area contributed by atoms with E-state index in [0.29, 0.717) is 6.42 Å². The maximum Gasteiger partial charge on any atom is 0.314 e. The average Bonchev–Trinajstić information content (AvgIpc) is 2.76. The molecule has 0 unspecified atom stereocenters. The molecule has 0 amide bonds. The first kappa shape index (κ1) is 26.2. The van der Waals surface area contributed by atoms with Crippen molar-refractivity contribution >= 4 is 5.97 Å². The van der Waals surface area contributed by atoms with Crippen LogP contribution >= 0.6 is 0 Å². The highest BCUT2D eigenvalue weighted by atomic mass is 16.7. The van der Waals surface area contributed by atoms with Crippen LogP contribution < -0.4 is 0 Å². The molecule has 0 saturated carbocycles. The van der Waals surface area contributed by atoms with Crippen molar-refractivity contribution < 1.29 is 38.7 Å². The van der Waals surface area contributed by atoms with E-state index in [1.807, 2.05) is 26.0 Å². The molecule has 2 bridgehead atoms. The second-order valence-electron chi connectivity index (χ2n) is 8.80. The van der Waals surface area contributed by atoms with Gasteiger partial charge in [0.25, 0.3) is 0 Å². The second-order valence-corrected chi connectivity index (χ2v) is 8.80. The van der Waals surface area contributed by atoms with Crippen molar-refractivity contribution in [1.29, 1.82) is 0 Å². The molecule has 9 atom stereocenters. The summed E-state index contributed by atoms with van der Waals surface area (Å²) in [6.45, 7) is 5.58. The smallest absolute Gasteiger partial charge is 0.314 e. The summed E-state index contributed by atoms with van der Waals surface area (Å²) in [6.07, 6.45) is 4.23. The molecule has 2 aliphatic heterocycles. The fourth-order valence-corrected chi connectivity index (χ4v) is 4.61. The van der Waals surface area contributed by atoms with Crippen molar-refractivity contribution in [2.75, 3.05) is 27.9 Å². The standard InChI is InChI=1S/C23H40O8/c1-14-11-12-18(28-5)17(27-4)10-8-7-9-13-30-22(25)16(3)23(26)21(29-6)19(24)15(2)20(14)31-23/h11-12,14-21,24,26H,7-10,13H2,1-6H3/b12-11+/t14-,15-,16+,17-,18+,19-,20-,21+,23+/m0/s1. The lowest BCUT2D eigenvalue weighted by Crippen LogP contribution is -2.66. The largest absolute Gasteiger partial charge is 0.465 e. The third-order valence-corrected chi connectivity index (χ3v) is 6.77. The molecule has 0 spiro atoms. The number of esters is 1. The number of fused-ring (bicyclic) bond motifs is 2. The van der Waals surface area contributed by atoms with Gasteiger partial charge in [0.05, 0.1) is 24.9 Å². The first-order chi connectivity index (χ1) is 14.7. The predicted molar refractivity (Wildman–Crippen MR) is 114 cm³/mol. The summed E-state index contributed by atoms with van der Waals surface area (Å²) in [5, 5.41) is 22.3. The van der Waals surface area contributed by atoms with E-state index in [2.05, 4.69) is 0 Å². The summed E-state index contributed by atoms with van der Waals surface area (Å²) in [4.78, 5) is 12.7. The van der Waals surface area contributed by atoms with Crippen LogP contribution in [0.2, 0.25) is 0 Å². The minimum Gasteiger partial charge on any atom is -0.465 e. The summed E-state index contributed by atoms with van der Waals surface area (Å²) in [7, 11) is 4.70. The van der Waals surface area contributed by atoms with Gasteiger partial charge in [0.1, 0.15) is 18.1 Å². The Labute approximate surface area is 185 Å². The summed E-state index contributed by atoms with van der Waals surface area (Å²) in [6, 6.07) is 0. The van der Waals surface area contributed by atoms with E-state index in [0.717, 1.165) is 19.3 Å². The lowest BCUT2D eigenvalue weighted by molar-refractivity contribution is -0.360. The van der Waals surface area contributed by atoms with E-state index >= 15 is 0 Å². The lowest BCUT2D eigenvalue weighted by Gasteiger charge is -2.51. The molecule has 0 aromatic rings. The number of hydrogen-bond acceptors (Lipinski definition) is 8. The number of aliphatic hydroxyl groups is 2. The van der Waals surface area contributed by atoms with Crippen LogP contribution in [-0.4, -0.2) is 80.4 Å². The molecule has 0 radical (unpaired) electrons. The van der Waals surface area contributed by atoms with E-state index in [-0.39, 0.29) is 30.7 Å². The lowest BCUT2D eigenvalue weighted by atomic mass is 9.78. The van der Waals surface area contributed by atoms with Gasteiger partial charge in [-0.25, -0.2) is 0 Å². The van der Waals surface area contributed by atoms with Crippen LogP contribution in [0.3, 0.4) is 0 Å². The number of rotatable bonds is 3. The Morgan fingerprint density at radius 1 is 1.03 bits per heavy atom. The van der Waals surface area contributed by atoms with Crippen LogP contribution in [0, 0.1) is 17.8 Å². The van der Waals surface area contributed by atoms with Gasteiger partial charge in [0, 0.05) is 33.2 Å². The molecule has 1 fully saturated rings. The number of hydrogen-bond donors (Lipinski definition) is 2. The number of ether oxygens (including phenoxy) is 5. The first-order valence-electron chi connectivity index (χ1n) is 11.2. The summed E-state index contributed by atoms with van der Waals surface area (Å²) in [5.41, 5.74) is 0. The second kappa shape index (κ2) is 11.7. The molecular weight excluding hydrogens is 404 g/mol. The minimum absolute atomic E-state index is 0.103. The Morgan fingerprint density at radius 2 is 1.74 bits per heavy atom. The van der Waals surface area contributed by atoms with E-state index in [9.17, 15) is 15.0 Å². The van der Waals surface area contributed by atoms with Gasteiger partial charge in [-0.15, -0.1) is 0 Å². The Bertz CT molecular complexity index is 596. The number of carbonyl (C=O) groups excluding carboxylic acids is 1. The van der Waals surface area contributed by atoms with Crippen molar-refractivity contribution in [2.45, 2.75) is 82.8 Å². The van der Waals surface area contributed by atoms with Crippen molar-refractivity contribution in [3.8, 4) is 0 Å². The van der Waals surface area contributed by atoms with Crippen molar-refractivity contribution in [1.82, 2.24) is 0 Å². The van der Waals surface area contributed by atoms with Crippen molar-refractivity contribution in [3.05, 3.63) is 12.2 Å². The molecule has 2 rings (SSSR count). The first-order valence-corrected chi connectivity index (χ1v) is 11.2. The van der Waals surface area contributed by atoms with Crippen LogP contribution in [0.1, 0.15) is 46.5 Å². The zero-order valence-electron chi connectivity index (χ0n) is 19.7. The number of aliphatic hydroxyl groups excluding tert-OH is 1. The van der Waals surface area contributed by atoms with E-state index in [1.54, 1.807) is 21.1 Å². The molecule has 8 nitrogen and oxygen atoms in total. The molecule has 0 aromatic carbocycles. The Balaban J connectivity index is 2.39. The van der Waals surface area contributed by atoms with Gasteiger partial charge < -0.3 is 33.9 Å². The molecule has 2 aliphatic rings. The van der Waals surface area contributed by atoms with E-state index in [1.165, 1.54) is 7.11 Å². The monoisotopic (exact) mass is 444 g/mol. The van der Waals surface area contributed by atoms with Gasteiger partial charge in [-0.05, 0) is 26.2 Å². The van der Waals surface area contributed by atoms with Gasteiger partial charge in [-0.1, -0.05) is 32.4 Å². The molecule has 0 aromatic heterocycles. The summed E-state index contributed by atoms with van der Waals surface area (Å²) >= 11 is 0. The predicted octanol–water partition coefficient (Wildman–Crippen LogP) is 2.06. The van der Waals surface area contributed by atoms with E-state index in [4.69, 9.17) is 23.7 Å². The fraction of sp³-hybridized carbons (Fsp3) is 0.870.